The molecule has 124 valence electrons. The summed E-state index contributed by atoms with van der Waals surface area (Å²) in [5.41, 5.74) is 9.72. The summed E-state index contributed by atoms with van der Waals surface area (Å²) in [5.74, 6) is 0.106. The Bertz CT molecular complexity index is 588. The van der Waals surface area contributed by atoms with E-state index in [2.05, 4.69) is 11.4 Å². The van der Waals surface area contributed by atoms with E-state index >= 15 is 0 Å². The third-order valence-corrected chi connectivity index (χ3v) is 4.81. The zero-order chi connectivity index (χ0) is 16.1. The van der Waals surface area contributed by atoms with Gasteiger partial charge >= 0.3 is 0 Å². The number of amides is 1. The predicted molar refractivity (Wildman–Crippen MR) is 95.6 cm³/mol. The van der Waals surface area contributed by atoms with Crippen LogP contribution in [-0.4, -0.2) is 30.4 Å². The van der Waals surface area contributed by atoms with E-state index in [4.69, 9.17) is 5.73 Å². The SMILES string of the molecule is Nc1ccc(NCCC2=CCCCC2)c(C(=O)N2CCCC2)c1. The fourth-order valence-electron chi connectivity index (χ4n) is 3.47. The van der Waals surface area contributed by atoms with Crippen molar-refractivity contribution in [2.45, 2.75) is 44.9 Å². The third-order valence-electron chi connectivity index (χ3n) is 4.81. The van der Waals surface area contributed by atoms with Gasteiger partial charge in [0.2, 0.25) is 0 Å². The van der Waals surface area contributed by atoms with E-state index in [-0.39, 0.29) is 5.91 Å². The number of allylic oxidation sites excluding steroid dienone is 1. The summed E-state index contributed by atoms with van der Waals surface area (Å²) in [4.78, 5) is 14.6. The van der Waals surface area contributed by atoms with Crippen molar-refractivity contribution in [1.82, 2.24) is 4.90 Å². The molecule has 0 saturated carbocycles. The highest BCUT2D eigenvalue weighted by Gasteiger charge is 2.22. The van der Waals surface area contributed by atoms with Crippen LogP contribution in [0.15, 0.2) is 29.8 Å². The lowest BCUT2D eigenvalue weighted by atomic mass is 9.97. The summed E-state index contributed by atoms with van der Waals surface area (Å²) < 4.78 is 0. The van der Waals surface area contributed by atoms with Crippen LogP contribution >= 0.6 is 0 Å². The minimum atomic E-state index is 0.106. The minimum Gasteiger partial charge on any atom is -0.399 e. The molecule has 0 atom stereocenters. The molecule has 4 nitrogen and oxygen atoms in total. The van der Waals surface area contributed by atoms with Gasteiger partial charge in [-0.25, -0.2) is 0 Å². The molecule has 4 heteroatoms. The molecule has 1 amide bonds. The quantitative estimate of drug-likeness (QED) is 0.642. The Balaban J connectivity index is 1.66. The lowest BCUT2D eigenvalue weighted by Crippen LogP contribution is -2.28. The smallest absolute Gasteiger partial charge is 0.256 e. The van der Waals surface area contributed by atoms with Crippen LogP contribution < -0.4 is 11.1 Å². The van der Waals surface area contributed by atoms with Crippen LogP contribution in [0.2, 0.25) is 0 Å². The van der Waals surface area contributed by atoms with E-state index in [1.807, 2.05) is 23.1 Å². The van der Waals surface area contributed by atoms with Gasteiger partial charge in [-0.3, -0.25) is 4.79 Å². The first-order valence-electron chi connectivity index (χ1n) is 8.84. The summed E-state index contributed by atoms with van der Waals surface area (Å²) in [5, 5.41) is 3.45. The summed E-state index contributed by atoms with van der Waals surface area (Å²) in [6.45, 7) is 2.59. The van der Waals surface area contributed by atoms with Crippen LogP contribution in [0.4, 0.5) is 11.4 Å². The standard InChI is InChI=1S/C19H27N3O/c20-16-8-9-18(21-11-10-15-6-2-1-3-7-15)17(14-16)19(23)22-12-4-5-13-22/h6,8-9,14,21H,1-5,7,10-13,20H2. The van der Waals surface area contributed by atoms with Crippen LogP contribution in [0.25, 0.3) is 0 Å². The Morgan fingerprint density at radius 3 is 2.74 bits per heavy atom. The monoisotopic (exact) mass is 313 g/mol. The maximum absolute atomic E-state index is 12.7. The van der Waals surface area contributed by atoms with Crippen molar-refractivity contribution < 1.29 is 4.79 Å². The number of hydrogen-bond donors (Lipinski definition) is 2. The van der Waals surface area contributed by atoms with Crippen molar-refractivity contribution in [3.63, 3.8) is 0 Å². The first kappa shape index (κ1) is 15.9. The normalized spacial score (nSPS) is 17.9. The van der Waals surface area contributed by atoms with Crippen molar-refractivity contribution in [3.05, 3.63) is 35.4 Å². The molecule has 2 aliphatic rings. The Morgan fingerprint density at radius 1 is 1.17 bits per heavy atom. The molecule has 23 heavy (non-hydrogen) atoms. The zero-order valence-electron chi connectivity index (χ0n) is 13.8. The predicted octanol–water partition coefficient (Wildman–Crippen LogP) is 3.81. The number of nitrogens with one attached hydrogen (secondary N) is 1. The van der Waals surface area contributed by atoms with Crippen molar-refractivity contribution in [1.29, 1.82) is 0 Å². The molecule has 0 spiro atoms. The molecule has 1 heterocycles. The lowest BCUT2D eigenvalue weighted by molar-refractivity contribution is 0.0794. The van der Waals surface area contributed by atoms with Gasteiger partial charge in [0.1, 0.15) is 0 Å². The van der Waals surface area contributed by atoms with Gasteiger partial charge < -0.3 is 16.0 Å². The summed E-state index contributed by atoms with van der Waals surface area (Å²) >= 11 is 0. The number of nitrogens with zero attached hydrogens (tertiary/aromatic N) is 1. The van der Waals surface area contributed by atoms with Gasteiger partial charge in [0.15, 0.2) is 0 Å². The zero-order valence-corrected chi connectivity index (χ0v) is 13.8. The van der Waals surface area contributed by atoms with Crippen LogP contribution in [-0.2, 0) is 0 Å². The number of rotatable bonds is 5. The fourth-order valence-corrected chi connectivity index (χ4v) is 3.47. The average Bonchev–Trinajstić information content (AvgIpc) is 3.11. The van der Waals surface area contributed by atoms with Gasteiger partial charge in [-0.1, -0.05) is 11.6 Å². The van der Waals surface area contributed by atoms with E-state index in [9.17, 15) is 4.79 Å². The second-order valence-corrected chi connectivity index (χ2v) is 6.59. The van der Waals surface area contributed by atoms with E-state index in [1.165, 1.54) is 25.7 Å². The maximum atomic E-state index is 12.7. The molecular formula is C19H27N3O. The fraction of sp³-hybridized carbons (Fsp3) is 0.526. The minimum absolute atomic E-state index is 0.106. The lowest BCUT2D eigenvalue weighted by Gasteiger charge is -2.19. The second-order valence-electron chi connectivity index (χ2n) is 6.59. The number of nitrogens with two attached hydrogens (primary N) is 1. The average molecular weight is 313 g/mol. The topological polar surface area (TPSA) is 58.4 Å². The first-order valence-corrected chi connectivity index (χ1v) is 8.84. The van der Waals surface area contributed by atoms with Gasteiger partial charge in [0.25, 0.3) is 5.91 Å². The molecule has 1 aliphatic carbocycles. The number of carbonyl (C=O) groups is 1. The Morgan fingerprint density at radius 2 is 2.00 bits per heavy atom. The molecule has 1 aromatic rings. The van der Waals surface area contributed by atoms with Gasteiger partial charge in [-0.15, -0.1) is 0 Å². The molecule has 1 aliphatic heterocycles. The van der Waals surface area contributed by atoms with Crippen LogP contribution in [0, 0.1) is 0 Å². The number of anilines is 2. The molecule has 0 aromatic heterocycles. The van der Waals surface area contributed by atoms with Gasteiger partial charge in [0.05, 0.1) is 5.56 Å². The molecule has 3 N–H and O–H groups in total. The number of likely N-dealkylation sites (tertiary alicyclic amines) is 1. The molecular weight excluding hydrogens is 286 g/mol. The van der Waals surface area contributed by atoms with Gasteiger partial charge in [-0.2, -0.15) is 0 Å². The first-order chi connectivity index (χ1) is 11.2. The Labute approximate surface area is 138 Å². The van der Waals surface area contributed by atoms with Gasteiger partial charge in [0, 0.05) is 31.0 Å². The van der Waals surface area contributed by atoms with E-state index in [1.54, 1.807) is 5.57 Å². The third kappa shape index (κ3) is 4.06. The molecule has 0 unspecified atom stereocenters. The van der Waals surface area contributed by atoms with E-state index < -0.39 is 0 Å². The van der Waals surface area contributed by atoms with Crippen molar-refractivity contribution in [2.75, 3.05) is 30.7 Å². The molecule has 0 radical (unpaired) electrons. The van der Waals surface area contributed by atoms with Crippen molar-refractivity contribution >= 4 is 17.3 Å². The number of benzene rings is 1. The molecule has 1 saturated heterocycles. The number of nitrogen functional groups attached to an aromatic ring is 1. The number of carbonyl (C=O) groups excluding carboxylic acids is 1. The highest BCUT2D eigenvalue weighted by Crippen LogP contribution is 2.24. The highest BCUT2D eigenvalue weighted by atomic mass is 16.2. The van der Waals surface area contributed by atoms with Crippen molar-refractivity contribution in [2.24, 2.45) is 0 Å². The highest BCUT2D eigenvalue weighted by molar-refractivity contribution is 6.00. The molecule has 0 bridgehead atoms. The summed E-state index contributed by atoms with van der Waals surface area (Å²) in [6.07, 6.45) is 10.7. The van der Waals surface area contributed by atoms with Gasteiger partial charge in [-0.05, 0) is 63.1 Å². The molecule has 1 aromatic carbocycles. The van der Waals surface area contributed by atoms with E-state index in [0.29, 0.717) is 11.3 Å². The molecule has 1 fully saturated rings. The van der Waals surface area contributed by atoms with Crippen molar-refractivity contribution in [3.8, 4) is 0 Å². The van der Waals surface area contributed by atoms with Crippen LogP contribution in [0.5, 0.6) is 0 Å². The maximum Gasteiger partial charge on any atom is 0.256 e. The largest absolute Gasteiger partial charge is 0.399 e. The Kier molecular flexibility index (Phi) is 5.21. The Hall–Kier alpha value is -1.97. The summed E-state index contributed by atoms with van der Waals surface area (Å²) in [6, 6.07) is 5.61. The number of hydrogen-bond acceptors (Lipinski definition) is 3. The van der Waals surface area contributed by atoms with Crippen LogP contribution in [0.1, 0.15) is 55.3 Å². The molecule has 3 rings (SSSR count). The second kappa shape index (κ2) is 7.53. The van der Waals surface area contributed by atoms with Crippen LogP contribution in [0.3, 0.4) is 0 Å². The van der Waals surface area contributed by atoms with E-state index in [0.717, 1.165) is 44.6 Å². The summed E-state index contributed by atoms with van der Waals surface area (Å²) in [7, 11) is 0.